The SMILES string of the molecule is CCC(=O)[O-].CCCOc1ccc(C(Cn2cc[n+](CC=Cc3ccc(F)cc3)c2)OCCc2ccc(C#N)cc2)cc1. The molecule has 0 saturated carbocycles. The molecule has 3 aromatic carbocycles. The minimum absolute atomic E-state index is 0.111. The average Bonchev–Trinajstić information content (AvgIpc) is 3.48. The van der Waals surface area contributed by atoms with Crippen LogP contribution in [0.3, 0.4) is 0 Å². The van der Waals surface area contributed by atoms with Gasteiger partial charge in [-0.05, 0) is 78.4 Å². The maximum absolute atomic E-state index is 13.1. The van der Waals surface area contributed by atoms with Gasteiger partial charge in [0.25, 0.3) is 0 Å². The summed E-state index contributed by atoms with van der Waals surface area (Å²) in [6, 6.07) is 24.4. The second-order valence-electron chi connectivity index (χ2n) is 9.82. The molecule has 1 unspecified atom stereocenters. The van der Waals surface area contributed by atoms with Gasteiger partial charge in [-0.2, -0.15) is 5.26 Å². The minimum atomic E-state index is -0.995. The van der Waals surface area contributed by atoms with E-state index in [-0.39, 0.29) is 18.3 Å². The van der Waals surface area contributed by atoms with Gasteiger partial charge in [0.1, 0.15) is 43.2 Å². The van der Waals surface area contributed by atoms with Gasteiger partial charge in [0.15, 0.2) is 0 Å². The quantitative estimate of drug-likeness (QED) is 0.185. The number of allylic oxidation sites excluding steroid dienone is 1. The maximum Gasteiger partial charge on any atom is 0.244 e. The van der Waals surface area contributed by atoms with E-state index in [4.69, 9.17) is 14.7 Å². The van der Waals surface area contributed by atoms with Crippen molar-refractivity contribution in [1.29, 1.82) is 5.26 Å². The fourth-order valence-electron chi connectivity index (χ4n) is 4.05. The molecule has 0 fully saturated rings. The normalized spacial score (nSPS) is 11.4. The van der Waals surface area contributed by atoms with Crippen molar-refractivity contribution in [2.24, 2.45) is 0 Å². The van der Waals surface area contributed by atoms with Gasteiger partial charge < -0.3 is 19.4 Å². The highest BCUT2D eigenvalue weighted by Crippen LogP contribution is 2.23. The second kappa shape index (κ2) is 17.9. The number of imidazole rings is 1. The fourth-order valence-corrected chi connectivity index (χ4v) is 4.05. The molecule has 4 rings (SSSR count). The Balaban J connectivity index is 0.000000934. The summed E-state index contributed by atoms with van der Waals surface area (Å²) in [5, 5.41) is 18.3. The molecule has 0 spiro atoms. The van der Waals surface area contributed by atoms with Crippen molar-refractivity contribution in [3.63, 3.8) is 0 Å². The van der Waals surface area contributed by atoms with Crippen LogP contribution in [0.15, 0.2) is 97.6 Å². The number of nitriles is 1. The number of hydrogen-bond donors (Lipinski definition) is 0. The Bertz CT molecular complexity index is 1460. The molecule has 43 heavy (non-hydrogen) atoms. The van der Waals surface area contributed by atoms with E-state index in [0.717, 1.165) is 35.3 Å². The van der Waals surface area contributed by atoms with Crippen LogP contribution in [0.1, 0.15) is 55.0 Å². The number of carbonyl (C=O) groups is 1. The second-order valence-corrected chi connectivity index (χ2v) is 9.82. The van der Waals surface area contributed by atoms with Gasteiger partial charge >= 0.3 is 0 Å². The first kappa shape index (κ1) is 32.8. The number of ether oxygens (including phenoxy) is 2. The van der Waals surface area contributed by atoms with Crippen molar-refractivity contribution in [3.8, 4) is 11.8 Å². The van der Waals surface area contributed by atoms with E-state index in [1.54, 1.807) is 12.1 Å². The van der Waals surface area contributed by atoms with E-state index >= 15 is 0 Å². The summed E-state index contributed by atoms with van der Waals surface area (Å²) in [6.07, 6.45) is 11.9. The van der Waals surface area contributed by atoms with Crippen LogP contribution < -0.4 is 14.4 Å². The van der Waals surface area contributed by atoms with Crippen molar-refractivity contribution in [1.82, 2.24) is 4.57 Å². The van der Waals surface area contributed by atoms with Crippen molar-refractivity contribution >= 4 is 12.0 Å². The van der Waals surface area contributed by atoms with Crippen LogP contribution in [0, 0.1) is 17.1 Å². The third-order valence-corrected chi connectivity index (χ3v) is 6.43. The summed E-state index contributed by atoms with van der Waals surface area (Å²) in [7, 11) is 0. The Morgan fingerprint density at radius 3 is 2.37 bits per heavy atom. The average molecular weight is 584 g/mol. The zero-order chi connectivity index (χ0) is 30.9. The van der Waals surface area contributed by atoms with Crippen LogP contribution >= 0.6 is 0 Å². The van der Waals surface area contributed by atoms with Crippen LogP contribution in [-0.2, 0) is 29.0 Å². The maximum atomic E-state index is 13.1. The highest BCUT2D eigenvalue weighted by molar-refractivity contribution is 5.63. The number of benzene rings is 3. The zero-order valence-corrected chi connectivity index (χ0v) is 24.7. The van der Waals surface area contributed by atoms with Crippen LogP contribution in [-0.4, -0.2) is 23.8 Å². The van der Waals surface area contributed by atoms with Gasteiger partial charge in [0, 0.05) is 5.97 Å². The fraction of sp³-hybridized carbons (Fsp3) is 0.286. The summed E-state index contributed by atoms with van der Waals surface area (Å²) in [5.74, 6) is -0.367. The molecule has 1 aromatic heterocycles. The number of carboxylic acid groups (broad SMARTS) is 1. The predicted octanol–water partition coefficient (Wildman–Crippen LogP) is 5.44. The van der Waals surface area contributed by atoms with Crippen molar-refractivity contribution in [2.75, 3.05) is 13.2 Å². The van der Waals surface area contributed by atoms with Gasteiger partial charge in [-0.3, -0.25) is 0 Å². The first-order chi connectivity index (χ1) is 20.9. The summed E-state index contributed by atoms with van der Waals surface area (Å²) in [5.41, 5.74) is 3.85. The molecule has 7 nitrogen and oxygen atoms in total. The lowest BCUT2D eigenvalue weighted by atomic mass is 10.1. The topological polar surface area (TPSA) is 91.2 Å². The highest BCUT2D eigenvalue weighted by Gasteiger charge is 2.17. The molecule has 0 radical (unpaired) electrons. The lowest BCUT2D eigenvalue weighted by Gasteiger charge is -2.17. The first-order valence-electron chi connectivity index (χ1n) is 14.4. The molecular weight excluding hydrogens is 545 g/mol. The first-order valence-corrected chi connectivity index (χ1v) is 14.4. The number of carbonyl (C=O) groups excluding carboxylic acids is 1. The van der Waals surface area contributed by atoms with E-state index in [9.17, 15) is 14.3 Å². The Labute approximate surface area is 253 Å². The number of aliphatic carboxylic acids is 1. The number of hydrogen-bond acceptors (Lipinski definition) is 5. The van der Waals surface area contributed by atoms with E-state index in [1.165, 1.54) is 19.1 Å². The molecular formula is C35H38FN3O4. The van der Waals surface area contributed by atoms with E-state index in [2.05, 4.69) is 46.7 Å². The lowest BCUT2D eigenvalue weighted by Crippen LogP contribution is -2.30. The van der Waals surface area contributed by atoms with E-state index < -0.39 is 5.97 Å². The van der Waals surface area contributed by atoms with Gasteiger partial charge in [0.2, 0.25) is 6.33 Å². The van der Waals surface area contributed by atoms with E-state index in [0.29, 0.717) is 31.9 Å². The molecule has 4 aromatic rings. The Hall–Kier alpha value is -4.74. The molecule has 1 heterocycles. The van der Waals surface area contributed by atoms with Crippen LogP contribution in [0.4, 0.5) is 4.39 Å². The molecule has 0 amide bonds. The molecule has 0 aliphatic rings. The smallest absolute Gasteiger partial charge is 0.244 e. The molecule has 8 heteroatoms. The molecule has 0 saturated heterocycles. The molecule has 0 N–H and O–H groups in total. The number of carboxylic acids is 1. The highest BCUT2D eigenvalue weighted by atomic mass is 19.1. The summed E-state index contributed by atoms with van der Waals surface area (Å²) < 4.78 is 29.5. The van der Waals surface area contributed by atoms with Crippen molar-refractivity contribution in [2.45, 2.75) is 52.3 Å². The molecule has 0 aliphatic carbocycles. The minimum Gasteiger partial charge on any atom is -0.550 e. The number of aromatic nitrogens is 2. The van der Waals surface area contributed by atoms with Crippen LogP contribution in [0.25, 0.3) is 6.08 Å². The number of halogens is 1. The summed E-state index contributed by atoms with van der Waals surface area (Å²) >= 11 is 0. The lowest BCUT2D eigenvalue weighted by molar-refractivity contribution is -0.686. The summed E-state index contributed by atoms with van der Waals surface area (Å²) in [4.78, 5) is 9.26. The van der Waals surface area contributed by atoms with Gasteiger partial charge in [0.05, 0.1) is 24.8 Å². The van der Waals surface area contributed by atoms with Gasteiger partial charge in [-0.15, -0.1) is 0 Å². The predicted molar refractivity (Wildman–Crippen MR) is 161 cm³/mol. The Morgan fingerprint density at radius 1 is 1.05 bits per heavy atom. The number of nitrogens with zero attached hydrogens (tertiary/aromatic N) is 3. The standard InChI is InChI=1S/C32H33FN3O2.C3H6O2/c1-2-21-37-31-15-11-29(12-16-31)32(38-22-17-27-5-7-28(23-34)8-6-27)24-36-20-19-35(25-36)18-3-4-26-9-13-30(33)14-10-26;1-2-3(4)5/h3-16,19-20,25,32H,2,17-18,21-22,24H2,1H3;2H2,1H3,(H,4,5)/q+1;/p-1. The third kappa shape index (κ3) is 12.0. The molecule has 0 aliphatic heterocycles. The van der Waals surface area contributed by atoms with E-state index in [1.807, 2.05) is 54.9 Å². The Kier molecular flexibility index (Phi) is 13.7. The monoisotopic (exact) mass is 583 g/mol. The number of rotatable bonds is 14. The molecule has 224 valence electrons. The third-order valence-electron chi connectivity index (χ3n) is 6.43. The molecule has 1 atom stereocenters. The van der Waals surface area contributed by atoms with Gasteiger partial charge in [-0.1, -0.05) is 56.3 Å². The zero-order valence-electron chi connectivity index (χ0n) is 24.7. The largest absolute Gasteiger partial charge is 0.550 e. The van der Waals surface area contributed by atoms with Crippen LogP contribution in [0.5, 0.6) is 5.75 Å². The Morgan fingerprint density at radius 2 is 1.74 bits per heavy atom. The summed E-state index contributed by atoms with van der Waals surface area (Å²) in [6.45, 7) is 6.26. The van der Waals surface area contributed by atoms with Gasteiger partial charge in [-0.25, -0.2) is 13.5 Å². The van der Waals surface area contributed by atoms with Crippen molar-refractivity contribution in [3.05, 3.63) is 126 Å². The molecule has 0 bridgehead atoms. The van der Waals surface area contributed by atoms with Crippen molar-refractivity contribution < 1.29 is 28.3 Å². The van der Waals surface area contributed by atoms with Crippen LogP contribution in [0.2, 0.25) is 0 Å².